The highest BCUT2D eigenvalue weighted by Crippen LogP contribution is 2.17. The average Bonchev–Trinajstić information content (AvgIpc) is 2.14. The highest BCUT2D eigenvalue weighted by atomic mass is 32.2. The summed E-state index contributed by atoms with van der Waals surface area (Å²) in [5.41, 5.74) is 7.03. The van der Waals surface area contributed by atoms with E-state index in [0.29, 0.717) is 6.61 Å². The van der Waals surface area contributed by atoms with Crippen LogP contribution >= 0.6 is 11.8 Å². The van der Waals surface area contributed by atoms with Crippen LogP contribution in [0.3, 0.4) is 0 Å². The van der Waals surface area contributed by atoms with Crippen LogP contribution < -0.4 is 5.73 Å². The van der Waals surface area contributed by atoms with E-state index in [1.807, 2.05) is 19.1 Å². The lowest BCUT2D eigenvalue weighted by atomic mass is 10.2. The molecule has 1 rings (SSSR count). The number of nitrogens with zero attached hydrogens (tertiary/aromatic N) is 1. The molecular weight excluding hydrogens is 212 g/mol. The van der Waals surface area contributed by atoms with Crippen molar-refractivity contribution in [1.82, 2.24) is 4.98 Å². The van der Waals surface area contributed by atoms with Crippen LogP contribution in [0.15, 0.2) is 17.2 Å². The predicted molar refractivity (Wildman–Crippen MR) is 59.6 cm³/mol. The second kappa shape index (κ2) is 5.72. The topological polar surface area (TPSA) is 65.2 Å². The molecule has 0 aliphatic carbocycles. The van der Waals surface area contributed by atoms with Crippen LogP contribution in [0.1, 0.15) is 11.3 Å². The molecule has 0 spiro atoms. The molecule has 1 aromatic heterocycles. The minimum Gasteiger partial charge on any atom is -0.380 e. The fourth-order valence-corrected chi connectivity index (χ4v) is 1.91. The molecule has 82 valence electrons. The Bertz CT molecular complexity index is 355. The number of aromatic nitrogens is 1. The van der Waals surface area contributed by atoms with Gasteiger partial charge in [0.25, 0.3) is 0 Å². The molecule has 0 radical (unpaired) electrons. The van der Waals surface area contributed by atoms with E-state index in [0.717, 1.165) is 16.3 Å². The highest BCUT2D eigenvalue weighted by Gasteiger charge is 2.02. The van der Waals surface area contributed by atoms with Crippen molar-refractivity contribution >= 4 is 17.7 Å². The number of hydrogen-bond donors (Lipinski definition) is 1. The Hall–Kier alpha value is -1.07. The van der Waals surface area contributed by atoms with Gasteiger partial charge in [-0.2, -0.15) is 0 Å². The summed E-state index contributed by atoms with van der Waals surface area (Å²) in [6, 6.07) is 3.86. The van der Waals surface area contributed by atoms with Crippen LogP contribution in [-0.4, -0.2) is 23.8 Å². The van der Waals surface area contributed by atoms with Crippen molar-refractivity contribution in [3.05, 3.63) is 23.4 Å². The van der Waals surface area contributed by atoms with E-state index in [2.05, 4.69) is 4.98 Å². The molecule has 5 heteroatoms. The Morgan fingerprint density at radius 2 is 2.33 bits per heavy atom. The van der Waals surface area contributed by atoms with Gasteiger partial charge in [0.2, 0.25) is 5.91 Å². The van der Waals surface area contributed by atoms with Crippen LogP contribution in [0.2, 0.25) is 0 Å². The standard InChI is InChI=1S/C10H14N2O2S/c1-7-3-8(5-14-2)4-10(12-7)15-6-9(11)13/h3-4H,5-6H2,1-2H3,(H2,11,13). The van der Waals surface area contributed by atoms with Crippen molar-refractivity contribution in [2.45, 2.75) is 18.6 Å². The van der Waals surface area contributed by atoms with Crippen LogP contribution in [-0.2, 0) is 16.1 Å². The van der Waals surface area contributed by atoms with E-state index >= 15 is 0 Å². The molecule has 0 saturated carbocycles. The predicted octanol–water partition coefficient (Wildman–Crippen LogP) is 1.11. The molecule has 15 heavy (non-hydrogen) atoms. The second-order valence-electron chi connectivity index (χ2n) is 3.14. The van der Waals surface area contributed by atoms with Gasteiger partial charge in [-0.3, -0.25) is 4.79 Å². The summed E-state index contributed by atoms with van der Waals surface area (Å²) in [5, 5.41) is 0.806. The van der Waals surface area contributed by atoms with Gasteiger partial charge in [0.1, 0.15) is 0 Å². The van der Waals surface area contributed by atoms with Crippen molar-refractivity contribution in [1.29, 1.82) is 0 Å². The molecule has 1 amide bonds. The third kappa shape index (κ3) is 4.31. The molecule has 0 unspecified atom stereocenters. The minimum absolute atomic E-state index is 0.253. The molecule has 0 saturated heterocycles. The largest absolute Gasteiger partial charge is 0.380 e. The highest BCUT2D eigenvalue weighted by molar-refractivity contribution is 7.99. The number of amides is 1. The summed E-state index contributed by atoms with van der Waals surface area (Å²) in [4.78, 5) is 14.9. The van der Waals surface area contributed by atoms with E-state index < -0.39 is 0 Å². The van der Waals surface area contributed by atoms with Crippen LogP contribution in [0.25, 0.3) is 0 Å². The molecule has 0 aromatic carbocycles. The number of nitrogens with two attached hydrogens (primary N) is 1. The fourth-order valence-electron chi connectivity index (χ4n) is 1.18. The number of ether oxygens (including phenoxy) is 1. The monoisotopic (exact) mass is 226 g/mol. The van der Waals surface area contributed by atoms with Crippen LogP contribution in [0.5, 0.6) is 0 Å². The number of carbonyl (C=O) groups excluding carboxylic acids is 1. The zero-order valence-electron chi connectivity index (χ0n) is 8.82. The number of thioether (sulfide) groups is 1. The summed E-state index contributed by atoms with van der Waals surface area (Å²) in [5.74, 6) is -0.0836. The number of carbonyl (C=O) groups is 1. The van der Waals surface area contributed by atoms with E-state index in [1.54, 1.807) is 7.11 Å². The maximum atomic E-state index is 10.6. The zero-order valence-corrected chi connectivity index (χ0v) is 9.63. The molecule has 0 aliphatic rings. The maximum absolute atomic E-state index is 10.6. The first-order chi connectivity index (χ1) is 7.11. The molecule has 0 fully saturated rings. The number of pyridine rings is 1. The first-order valence-corrected chi connectivity index (χ1v) is 5.48. The van der Waals surface area contributed by atoms with Crippen molar-refractivity contribution in [3.63, 3.8) is 0 Å². The van der Waals surface area contributed by atoms with Crippen LogP contribution in [0.4, 0.5) is 0 Å². The van der Waals surface area contributed by atoms with E-state index in [1.165, 1.54) is 11.8 Å². The number of methoxy groups -OCH3 is 1. The molecule has 0 atom stereocenters. The minimum atomic E-state index is -0.336. The smallest absolute Gasteiger partial charge is 0.227 e. The summed E-state index contributed by atoms with van der Waals surface area (Å²) < 4.78 is 5.03. The lowest BCUT2D eigenvalue weighted by Crippen LogP contribution is -2.13. The Kier molecular flexibility index (Phi) is 4.58. The lowest BCUT2D eigenvalue weighted by molar-refractivity contribution is -0.115. The summed E-state index contributed by atoms with van der Waals surface area (Å²) in [7, 11) is 1.64. The van der Waals surface area contributed by atoms with Crippen molar-refractivity contribution < 1.29 is 9.53 Å². The molecule has 1 aromatic rings. The van der Waals surface area contributed by atoms with Gasteiger partial charge in [-0.1, -0.05) is 11.8 Å². The van der Waals surface area contributed by atoms with Gasteiger partial charge >= 0.3 is 0 Å². The first kappa shape index (κ1) is 12.0. The third-order valence-electron chi connectivity index (χ3n) is 1.66. The Morgan fingerprint density at radius 3 is 2.93 bits per heavy atom. The Morgan fingerprint density at radius 1 is 1.60 bits per heavy atom. The normalized spacial score (nSPS) is 10.3. The van der Waals surface area contributed by atoms with Gasteiger partial charge in [-0.25, -0.2) is 4.98 Å². The Labute approximate surface area is 93.2 Å². The number of primary amides is 1. The zero-order chi connectivity index (χ0) is 11.3. The first-order valence-electron chi connectivity index (χ1n) is 4.49. The summed E-state index contributed by atoms with van der Waals surface area (Å²) in [6.07, 6.45) is 0. The van der Waals surface area contributed by atoms with E-state index in [9.17, 15) is 4.79 Å². The van der Waals surface area contributed by atoms with E-state index in [4.69, 9.17) is 10.5 Å². The second-order valence-corrected chi connectivity index (χ2v) is 4.14. The molecule has 2 N–H and O–H groups in total. The van der Waals surface area contributed by atoms with Crippen molar-refractivity contribution in [3.8, 4) is 0 Å². The molecule has 0 aliphatic heterocycles. The van der Waals surface area contributed by atoms with Crippen molar-refractivity contribution in [2.24, 2.45) is 5.73 Å². The maximum Gasteiger partial charge on any atom is 0.227 e. The van der Waals surface area contributed by atoms with Crippen molar-refractivity contribution in [2.75, 3.05) is 12.9 Å². The summed E-state index contributed by atoms with van der Waals surface area (Å²) in [6.45, 7) is 2.46. The fraction of sp³-hybridized carbons (Fsp3) is 0.400. The quantitative estimate of drug-likeness (QED) is 0.764. The average molecular weight is 226 g/mol. The molecule has 1 heterocycles. The number of aryl methyl sites for hydroxylation is 1. The van der Waals surface area contributed by atoms with Gasteiger partial charge in [0, 0.05) is 12.8 Å². The van der Waals surface area contributed by atoms with Gasteiger partial charge in [-0.15, -0.1) is 0 Å². The van der Waals surface area contributed by atoms with Gasteiger partial charge in [0.05, 0.1) is 17.4 Å². The summed E-state index contributed by atoms with van der Waals surface area (Å²) >= 11 is 1.34. The van der Waals surface area contributed by atoms with Gasteiger partial charge in [-0.05, 0) is 24.6 Å². The SMILES string of the molecule is COCc1cc(C)nc(SCC(N)=O)c1. The van der Waals surface area contributed by atoms with Gasteiger partial charge < -0.3 is 10.5 Å². The van der Waals surface area contributed by atoms with Gasteiger partial charge in [0.15, 0.2) is 0 Å². The number of rotatable bonds is 5. The molecule has 0 bridgehead atoms. The molecule has 4 nitrogen and oxygen atoms in total. The third-order valence-corrected chi connectivity index (χ3v) is 2.60. The molecular formula is C10H14N2O2S. The Balaban J connectivity index is 2.74. The van der Waals surface area contributed by atoms with E-state index in [-0.39, 0.29) is 11.7 Å². The van der Waals surface area contributed by atoms with Crippen LogP contribution in [0, 0.1) is 6.92 Å². The number of hydrogen-bond acceptors (Lipinski definition) is 4. The lowest BCUT2D eigenvalue weighted by Gasteiger charge is -2.04.